The molecule has 3 rings (SSSR count). The van der Waals surface area contributed by atoms with Crippen LogP contribution < -0.4 is 20.1 Å². The fourth-order valence-electron chi connectivity index (χ4n) is 3.51. The molecule has 2 atom stereocenters. The predicted molar refractivity (Wildman–Crippen MR) is 140 cm³/mol. The Labute approximate surface area is 215 Å². The zero-order valence-corrected chi connectivity index (χ0v) is 21.5. The Morgan fingerprint density at radius 3 is 2.36 bits per heavy atom. The summed E-state index contributed by atoms with van der Waals surface area (Å²) in [6.45, 7) is 1.59. The molecule has 0 aliphatic carbocycles. The molecular weight excluding hydrogens is 506 g/mol. The first-order valence-corrected chi connectivity index (χ1v) is 13.1. The lowest BCUT2D eigenvalue weighted by Crippen LogP contribution is -2.51. The van der Waals surface area contributed by atoms with Crippen molar-refractivity contribution in [2.24, 2.45) is 0 Å². The maximum absolute atomic E-state index is 13.5. The quantitative estimate of drug-likeness (QED) is 0.251. The molecule has 0 unspecified atom stereocenters. The molecule has 3 aromatic rings. The summed E-state index contributed by atoms with van der Waals surface area (Å²) in [5, 5.41) is 27.1. The highest BCUT2D eigenvalue weighted by molar-refractivity contribution is 7.92. The first kappa shape index (κ1) is 27.3. The van der Waals surface area contributed by atoms with Gasteiger partial charge in [-0.25, -0.2) is 8.42 Å². The number of aliphatic hydroxyl groups excluding tert-OH is 1. The number of ether oxygens (including phenoxy) is 1. The molecule has 0 spiro atoms. The summed E-state index contributed by atoms with van der Waals surface area (Å²) in [5.74, 6) is -0.0905. The van der Waals surface area contributed by atoms with Crippen LogP contribution in [0.25, 0.3) is 0 Å². The highest BCUT2D eigenvalue weighted by atomic mass is 35.5. The minimum Gasteiger partial charge on any atom is -0.506 e. The molecule has 0 aliphatic heterocycles. The van der Waals surface area contributed by atoms with Gasteiger partial charge in [0, 0.05) is 6.54 Å². The van der Waals surface area contributed by atoms with Crippen molar-refractivity contribution in [1.82, 2.24) is 5.32 Å². The van der Waals surface area contributed by atoms with E-state index in [1.165, 1.54) is 25.3 Å². The number of amides is 1. The van der Waals surface area contributed by atoms with Crippen LogP contribution in [0.4, 0.5) is 11.4 Å². The molecule has 0 radical (unpaired) electrons. The topological polar surface area (TPSA) is 137 Å². The number of sulfonamides is 1. The fourth-order valence-corrected chi connectivity index (χ4v) is 4.25. The molecule has 0 fully saturated rings. The highest BCUT2D eigenvalue weighted by Crippen LogP contribution is 2.30. The second-order valence-electron chi connectivity index (χ2n) is 8.33. The molecule has 192 valence electrons. The summed E-state index contributed by atoms with van der Waals surface area (Å²) in [6, 6.07) is 17.8. The summed E-state index contributed by atoms with van der Waals surface area (Å²) in [7, 11) is -2.11. The summed E-state index contributed by atoms with van der Waals surface area (Å²) < 4.78 is 30.6. The van der Waals surface area contributed by atoms with Crippen LogP contribution in [0.5, 0.6) is 11.5 Å². The molecule has 36 heavy (non-hydrogen) atoms. The van der Waals surface area contributed by atoms with Crippen LogP contribution in [0.15, 0.2) is 66.7 Å². The number of methoxy groups -OCH3 is 1. The molecule has 0 aromatic heterocycles. The van der Waals surface area contributed by atoms with Crippen LogP contribution in [-0.2, 0) is 20.4 Å². The number of benzene rings is 3. The van der Waals surface area contributed by atoms with Crippen LogP contribution in [0.1, 0.15) is 24.2 Å². The average molecular weight is 534 g/mol. The first-order chi connectivity index (χ1) is 16.9. The molecule has 11 heteroatoms. The van der Waals surface area contributed by atoms with Crippen molar-refractivity contribution in [3.63, 3.8) is 0 Å². The van der Waals surface area contributed by atoms with E-state index in [9.17, 15) is 23.4 Å². The van der Waals surface area contributed by atoms with Gasteiger partial charge in [0.2, 0.25) is 15.9 Å². The number of hydrogen-bond acceptors (Lipinski definition) is 7. The van der Waals surface area contributed by atoms with Crippen molar-refractivity contribution in [2.75, 3.05) is 29.9 Å². The number of anilines is 2. The van der Waals surface area contributed by atoms with Gasteiger partial charge in [-0.15, -0.1) is 0 Å². The van der Waals surface area contributed by atoms with Gasteiger partial charge in [-0.2, -0.15) is 0 Å². The second kappa shape index (κ2) is 11.2. The monoisotopic (exact) mass is 533 g/mol. The summed E-state index contributed by atoms with van der Waals surface area (Å²) in [4.78, 5) is 13.5. The normalized spacial score (nSPS) is 13.9. The van der Waals surface area contributed by atoms with Gasteiger partial charge in [0.05, 0.1) is 35.9 Å². The van der Waals surface area contributed by atoms with E-state index in [2.05, 4.69) is 15.4 Å². The Morgan fingerprint density at radius 1 is 1.08 bits per heavy atom. The highest BCUT2D eigenvalue weighted by Gasteiger charge is 2.36. The number of nitrogens with one attached hydrogen (secondary N) is 3. The molecule has 9 nitrogen and oxygen atoms in total. The minimum atomic E-state index is -3.65. The van der Waals surface area contributed by atoms with E-state index in [0.29, 0.717) is 27.6 Å². The smallest absolute Gasteiger partial charge is 0.249 e. The van der Waals surface area contributed by atoms with E-state index in [-0.39, 0.29) is 18.0 Å². The van der Waals surface area contributed by atoms with E-state index in [4.69, 9.17) is 16.3 Å². The number of phenols is 1. The Kier molecular flexibility index (Phi) is 8.47. The number of hydrogen-bond donors (Lipinski definition) is 5. The Hall–Kier alpha value is -3.31. The van der Waals surface area contributed by atoms with Crippen LogP contribution in [0.3, 0.4) is 0 Å². The summed E-state index contributed by atoms with van der Waals surface area (Å²) in [5.41, 5.74) is -0.0121. The second-order valence-corrected chi connectivity index (χ2v) is 10.5. The van der Waals surface area contributed by atoms with Crippen molar-refractivity contribution in [3.8, 4) is 11.5 Å². The maximum Gasteiger partial charge on any atom is 0.249 e. The van der Waals surface area contributed by atoms with Gasteiger partial charge in [0.15, 0.2) is 0 Å². The molecule has 0 aliphatic rings. The van der Waals surface area contributed by atoms with E-state index in [0.717, 1.165) is 6.26 Å². The maximum atomic E-state index is 13.5. The molecule has 3 aromatic carbocycles. The van der Waals surface area contributed by atoms with E-state index < -0.39 is 27.6 Å². The molecule has 1 amide bonds. The minimum absolute atomic E-state index is 0.0663. The van der Waals surface area contributed by atoms with Crippen LogP contribution >= 0.6 is 11.6 Å². The van der Waals surface area contributed by atoms with Crippen molar-refractivity contribution in [3.05, 3.63) is 82.9 Å². The first-order valence-electron chi connectivity index (χ1n) is 10.9. The number of aliphatic hydroxyl groups is 1. The van der Waals surface area contributed by atoms with Crippen LogP contribution in [0, 0.1) is 0 Å². The lowest BCUT2D eigenvalue weighted by Gasteiger charge is -2.31. The lowest BCUT2D eigenvalue weighted by molar-refractivity contribution is -0.122. The van der Waals surface area contributed by atoms with Gasteiger partial charge in [0.1, 0.15) is 17.0 Å². The van der Waals surface area contributed by atoms with Crippen LogP contribution in [-0.4, -0.2) is 44.4 Å². The van der Waals surface area contributed by atoms with Crippen molar-refractivity contribution in [2.45, 2.75) is 18.6 Å². The number of aromatic hydroxyl groups is 1. The molecule has 0 heterocycles. The Bertz CT molecular complexity index is 1330. The van der Waals surface area contributed by atoms with Gasteiger partial charge in [0.25, 0.3) is 0 Å². The summed E-state index contributed by atoms with van der Waals surface area (Å²) in [6.07, 6.45) is -0.189. The Balaban J connectivity index is 1.88. The van der Waals surface area contributed by atoms with E-state index in [1.807, 2.05) is 0 Å². The molecule has 0 saturated heterocycles. The number of carbonyl (C=O) groups is 1. The van der Waals surface area contributed by atoms with Gasteiger partial charge < -0.3 is 20.3 Å². The molecule has 0 saturated carbocycles. The third-order valence-corrected chi connectivity index (χ3v) is 6.51. The zero-order valence-electron chi connectivity index (χ0n) is 19.9. The molecular formula is C25H28ClN3O6S. The molecule has 0 bridgehead atoms. The Morgan fingerprint density at radius 2 is 1.75 bits per heavy atom. The number of halogens is 1. The predicted octanol–water partition coefficient (Wildman–Crippen LogP) is 3.60. The lowest BCUT2D eigenvalue weighted by atomic mass is 9.90. The van der Waals surface area contributed by atoms with Gasteiger partial charge in [-0.3, -0.25) is 14.8 Å². The largest absolute Gasteiger partial charge is 0.506 e. The average Bonchev–Trinajstić information content (AvgIpc) is 2.84. The fraction of sp³-hybridized carbons (Fsp3) is 0.240. The standard InChI is InChI=1S/C25H28ClN3O6S/c1-25(17-9-11-18(35-2)12-10-17,24(32)28-20-7-5-4-6-19(20)26)27-15-23(31)16-8-13-22(30)21(14-16)29-36(3,33)34/h4-14,23,27,29-31H,15H2,1-3H3,(H,28,32)/t23-,25-/m0/s1. The van der Waals surface area contributed by atoms with E-state index >= 15 is 0 Å². The van der Waals surface area contributed by atoms with Crippen molar-refractivity contribution < 1.29 is 28.2 Å². The van der Waals surface area contributed by atoms with E-state index in [1.54, 1.807) is 55.5 Å². The summed E-state index contributed by atoms with van der Waals surface area (Å²) >= 11 is 6.22. The van der Waals surface area contributed by atoms with Gasteiger partial charge >= 0.3 is 0 Å². The third-order valence-electron chi connectivity index (χ3n) is 5.59. The third kappa shape index (κ3) is 6.67. The van der Waals surface area contributed by atoms with Gasteiger partial charge in [-0.1, -0.05) is 41.9 Å². The van der Waals surface area contributed by atoms with Gasteiger partial charge in [-0.05, 0) is 54.4 Å². The van der Waals surface area contributed by atoms with Crippen molar-refractivity contribution >= 4 is 38.9 Å². The van der Waals surface area contributed by atoms with Crippen LogP contribution in [0.2, 0.25) is 5.02 Å². The SMILES string of the molecule is COc1ccc([C@](C)(NC[C@H](O)c2ccc(O)c(NS(C)(=O)=O)c2)C(=O)Nc2ccccc2Cl)cc1. The number of rotatable bonds is 10. The number of para-hydroxylation sites is 1. The zero-order chi connectivity index (χ0) is 26.5. The number of carbonyl (C=O) groups excluding carboxylic acids is 1. The molecule has 5 N–H and O–H groups in total. The van der Waals surface area contributed by atoms with Crippen molar-refractivity contribution in [1.29, 1.82) is 0 Å². The number of phenolic OH excluding ortho intramolecular Hbond substituents is 1.